The highest BCUT2D eigenvalue weighted by molar-refractivity contribution is 9.10. The Morgan fingerprint density at radius 2 is 2.05 bits per heavy atom. The van der Waals surface area contributed by atoms with Gasteiger partial charge in [0.05, 0.1) is 22.4 Å². The average molecular weight is 332 g/mol. The zero-order chi connectivity index (χ0) is 14.6. The maximum absolute atomic E-state index is 13.6. The molecule has 0 aromatic heterocycles. The second kappa shape index (κ2) is 6.75. The number of amides is 1. The monoisotopic (exact) mass is 331 g/mol. The summed E-state index contributed by atoms with van der Waals surface area (Å²) in [7, 11) is 3.38. The molecule has 0 fully saturated rings. The molecule has 0 saturated heterocycles. The first-order valence-corrected chi connectivity index (χ1v) is 6.85. The lowest BCUT2D eigenvalue weighted by molar-refractivity contribution is -0.127. The van der Waals surface area contributed by atoms with E-state index in [0.717, 1.165) is 6.42 Å². The van der Waals surface area contributed by atoms with E-state index < -0.39 is 0 Å². The van der Waals surface area contributed by atoms with Crippen LogP contribution in [0.2, 0.25) is 0 Å². The van der Waals surface area contributed by atoms with E-state index >= 15 is 0 Å². The number of halogens is 2. The maximum atomic E-state index is 13.6. The molecule has 0 heterocycles. The standard InChI is InChI=1S/C13H19BrFN3O/c1-4-5-18(8-13(19)17(2)3)12-7-10(15)9(14)6-11(12)16/h6-7H,4-5,8,16H2,1-3H3. The number of hydrogen-bond donors (Lipinski definition) is 1. The van der Waals surface area contributed by atoms with Crippen molar-refractivity contribution < 1.29 is 9.18 Å². The molecule has 1 aromatic rings. The van der Waals surface area contributed by atoms with Gasteiger partial charge in [-0.25, -0.2) is 4.39 Å². The Hall–Kier alpha value is -1.30. The molecule has 0 saturated carbocycles. The highest BCUT2D eigenvalue weighted by atomic mass is 79.9. The third-order valence-electron chi connectivity index (χ3n) is 2.73. The summed E-state index contributed by atoms with van der Waals surface area (Å²) in [6, 6.07) is 2.88. The van der Waals surface area contributed by atoms with Gasteiger partial charge >= 0.3 is 0 Å². The SMILES string of the molecule is CCCN(CC(=O)N(C)C)c1cc(F)c(Br)cc1N. The predicted octanol–water partition coefficient (Wildman–Crippen LogP) is 2.47. The molecule has 0 radical (unpaired) electrons. The second-order valence-electron chi connectivity index (χ2n) is 4.53. The number of rotatable bonds is 5. The smallest absolute Gasteiger partial charge is 0.241 e. The summed E-state index contributed by atoms with van der Waals surface area (Å²) >= 11 is 3.09. The van der Waals surface area contributed by atoms with E-state index in [1.165, 1.54) is 17.0 Å². The minimum absolute atomic E-state index is 0.0452. The van der Waals surface area contributed by atoms with Crippen molar-refractivity contribution in [3.05, 3.63) is 22.4 Å². The topological polar surface area (TPSA) is 49.6 Å². The zero-order valence-corrected chi connectivity index (χ0v) is 13.0. The Labute approximate surface area is 121 Å². The third kappa shape index (κ3) is 4.09. The largest absolute Gasteiger partial charge is 0.397 e. The van der Waals surface area contributed by atoms with Crippen LogP contribution in [0.25, 0.3) is 0 Å². The molecule has 19 heavy (non-hydrogen) atoms. The summed E-state index contributed by atoms with van der Waals surface area (Å²) < 4.78 is 14.0. The van der Waals surface area contributed by atoms with Gasteiger partial charge in [0.15, 0.2) is 0 Å². The first-order valence-electron chi connectivity index (χ1n) is 6.06. The number of carbonyl (C=O) groups is 1. The molecule has 0 aliphatic heterocycles. The maximum Gasteiger partial charge on any atom is 0.241 e. The number of hydrogen-bond acceptors (Lipinski definition) is 3. The quantitative estimate of drug-likeness (QED) is 0.843. The van der Waals surface area contributed by atoms with Crippen molar-refractivity contribution in [2.24, 2.45) is 0 Å². The number of nitrogens with two attached hydrogens (primary N) is 1. The average Bonchev–Trinajstić information content (AvgIpc) is 2.33. The van der Waals surface area contributed by atoms with Crippen molar-refractivity contribution >= 4 is 33.2 Å². The summed E-state index contributed by atoms with van der Waals surface area (Å²) in [5, 5.41) is 0. The highest BCUT2D eigenvalue weighted by Gasteiger charge is 2.16. The molecule has 1 amide bonds. The number of carbonyl (C=O) groups excluding carboxylic acids is 1. The van der Waals surface area contributed by atoms with Crippen molar-refractivity contribution in [3.8, 4) is 0 Å². The molecule has 106 valence electrons. The molecular formula is C13H19BrFN3O. The van der Waals surface area contributed by atoms with Gasteiger partial charge in [-0.15, -0.1) is 0 Å². The molecule has 0 aliphatic carbocycles. The first-order chi connectivity index (χ1) is 8.86. The molecule has 1 rings (SSSR count). The van der Waals surface area contributed by atoms with Crippen LogP contribution in [0.15, 0.2) is 16.6 Å². The second-order valence-corrected chi connectivity index (χ2v) is 5.39. The normalized spacial score (nSPS) is 10.4. The molecule has 0 unspecified atom stereocenters. The van der Waals surface area contributed by atoms with Gasteiger partial charge in [-0.2, -0.15) is 0 Å². The summed E-state index contributed by atoms with van der Waals surface area (Å²) in [5.74, 6) is -0.432. The van der Waals surface area contributed by atoms with E-state index in [2.05, 4.69) is 15.9 Å². The van der Waals surface area contributed by atoms with Gasteiger partial charge in [-0.1, -0.05) is 6.92 Å². The molecule has 6 heteroatoms. The number of nitrogen functional groups attached to an aromatic ring is 1. The number of nitrogens with zero attached hydrogens (tertiary/aromatic N) is 2. The minimum Gasteiger partial charge on any atom is -0.397 e. The molecule has 0 spiro atoms. The van der Waals surface area contributed by atoms with Crippen LogP contribution in [0.3, 0.4) is 0 Å². The van der Waals surface area contributed by atoms with Gasteiger partial charge in [-0.05, 0) is 28.4 Å². The Kier molecular flexibility index (Phi) is 5.60. The zero-order valence-electron chi connectivity index (χ0n) is 11.4. The van der Waals surface area contributed by atoms with Crippen LogP contribution >= 0.6 is 15.9 Å². The molecular weight excluding hydrogens is 313 g/mol. The van der Waals surface area contributed by atoms with Gasteiger partial charge in [0, 0.05) is 26.7 Å². The Morgan fingerprint density at radius 3 is 2.58 bits per heavy atom. The van der Waals surface area contributed by atoms with E-state index in [1.54, 1.807) is 19.0 Å². The highest BCUT2D eigenvalue weighted by Crippen LogP contribution is 2.29. The van der Waals surface area contributed by atoms with Gasteiger partial charge in [-0.3, -0.25) is 4.79 Å². The van der Waals surface area contributed by atoms with Crippen LogP contribution in [0.5, 0.6) is 0 Å². The summed E-state index contributed by atoms with van der Waals surface area (Å²) in [5.41, 5.74) is 6.92. The van der Waals surface area contributed by atoms with Gasteiger partial charge in [0.25, 0.3) is 0 Å². The minimum atomic E-state index is -0.386. The molecule has 2 N–H and O–H groups in total. The lowest BCUT2D eigenvalue weighted by atomic mass is 10.2. The van der Waals surface area contributed by atoms with Crippen molar-refractivity contribution in [2.45, 2.75) is 13.3 Å². The fourth-order valence-corrected chi connectivity index (χ4v) is 2.05. The van der Waals surface area contributed by atoms with Crippen LogP contribution in [0.4, 0.5) is 15.8 Å². The van der Waals surface area contributed by atoms with Crippen LogP contribution in [0.1, 0.15) is 13.3 Å². The van der Waals surface area contributed by atoms with E-state index in [9.17, 15) is 9.18 Å². The number of anilines is 2. The van der Waals surface area contributed by atoms with Crippen molar-refractivity contribution in [1.82, 2.24) is 4.90 Å². The number of likely N-dealkylation sites (N-methyl/N-ethyl adjacent to an activating group) is 1. The predicted molar refractivity (Wildman–Crippen MR) is 79.7 cm³/mol. The van der Waals surface area contributed by atoms with Crippen molar-refractivity contribution in [3.63, 3.8) is 0 Å². The van der Waals surface area contributed by atoms with Gasteiger partial charge in [0.1, 0.15) is 5.82 Å². The fourth-order valence-electron chi connectivity index (χ4n) is 1.68. The molecule has 4 nitrogen and oxygen atoms in total. The third-order valence-corrected chi connectivity index (χ3v) is 3.34. The van der Waals surface area contributed by atoms with Crippen LogP contribution in [0, 0.1) is 5.82 Å². The van der Waals surface area contributed by atoms with Crippen molar-refractivity contribution in [1.29, 1.82) is 0 Å². The van der Waals surface area contributed by atoms with E-state index in [0.29, 0.717) is 22.4 Å². The van der Waals surface area contributed by atoms with Crippen LogP contribution < -0.4 is 10.6 Å². The van der Waals surface area contributed by atoms with Gasteiger partial charge in [0.2, 0.25) is 5.91 Å². The lowest BCUT2D eigenvalue weighted by Gasteiger charge is -2.26. The lowest BCUT2D eigenvalue weighted by Crippen LogP contribution is -2.37. The van der Waals surface area contributed by atoms with E-state index in [4.69, 9.17) is 5.73 Å². The molecule has 0 atom stereocenters. The van der Waals surface area contributed by atoms with E-state index in [1.807, 2.05) is 6.92 Å². The number of benzene rings is 1. The Morgan fingerprint density at radius 1 is 1.42 bits per heavy atom. The fraction of sp³-hybridized carbons (Fsp3) is 0.462. The van der Waals surface area contributed by atoms with E-state index in [-0.39, 0.29) is 18.3 Å². The molecule has 1 aromatic carbocycles. The summed E-state index contributed by atoms with van der Waals surface area (Å²) in [4.78, 5) is 15.1. The van der Waals surface area contributed by atoms with Crippen molar-refractivity contribution in [2.75, 3.05) is 37.8 Å². The summed E-state index contributed by atoms with van der Waals surface area (Å²) in [6.45, 7) is 2.83. The Bertz CT molecular complexity index is 465. The molecule has 0 aliphatic rings. The molecule has 0 bridgehead atoms. The van der Waals surface area contributed by atoms with Gasteiger partial charge < -0.3 is 15.5 Å². The van der Waals surface area contributed by atoms with Crippen LogP contribution in [-0.2, 0) is 4.79 Å². The van der Waals surface area contributed by atoms with Crippen LogP contribution in [-0.4, -0.2) is 38.0 Å². The Balaban J connectivity index is 3.05. The first kappa shape index (κ1) is 15.8. The summed E-state index contributed by atoms with van der Waals surface area (Å²) in [6.07, 6.45) is 0.845.